The van der Waals surface area contributed by atoms with Crippen molar-refractivity contribution in [3.8, 4) is 0 Å². The highest BCUT2D eigenvalue weighted by Gasteiger charge is 2.43. The number of benzene rings is 1. The van der Waals surface area contributed by atoms with Gasteiger partial charge in [-0.2, -0.15) is 0 Å². The van der Waals surface area contributed by atoms with Gasteiger partial charge in [0.05, 0.1) is 13.2 Å². The molecule has 1 N–H and O–H groups in total. The molecule has 3 aliphatic rings. The van der Waals surface area contributed by atoms with Gasteiger partial charge in [0.25, 0.3) is 0 Å². The molecule has 2 saturated heterocycles. The van der Waals surface area contributed by atoms with Crippen LogP contribution in [0.3, 0.4) is 0 Å². The van der Waals surface area contributed by atoms with Gasteiger partial charge in [0.15, 0.2) is 5.96 Å². The molecule has 1 unspecified atom stereocenters. The number of aliphatic imine (C=N–C) groups is 1. The summed E-state index contributed by atoms with van der Waals surface area (Å²) in [5.41, 5.74) is 1.94. The lowest BCUT2D eigenvalue weighted by atomic mass is 9.64. The van der Waals surface area contributed by atoms with E-state index in [0.717, 1.165) is 50.4 Å². The van der Waals surface area contributed by atoms with Crippen molar-refractivity contribution < 1.29 is 4.74 Å². The maximum atomic E-state index is 6.08. The van der Waals surface area contributed by atoms with Gasteiger partial charge in [-0.1, -0.05) is 30.2 Å². The first-order valence-corrected chi connectivity index (χ1v) is 10.4. The fourth-order valence-electron chi connectivity index (χ4n) is 4.68. The molecule has 6 heteroatoms. The van der Waals surface area contributed by atoms with E-state index in [1.54, 1.807) is 0 Å². The van der Waals surface area contributed by atoms with Crippen LogP contribution in [0.2, 0.25) is 5.02 Å². The van der Waals surface area contributed by atoms with Gasteiger partial charge in [0, 0.05) is 42.1 Å². The molecule has 2 heterocycles. The Morgan fingerprint density at radius 3 is 2.59 bits per heavy atom. The quantitative estimate of drug-likeness (QED) is 0.374. The van der Waals surface area contributed by atoms with Crippen LogP contribution in [0.25, 0.3) is 0 Å². The molecule has 1 aromatic carbocycles. The molecule has 0 amide bonds. The third-order valence-electron chi connectivity index (χ3n) is 6.56. The molecule has 0 radical (unpaired) electrons. The fourth-order valence-corrected chi connectivity index (χ4v) is 4.81. The van der Waals surface area contributed by atoms with Crippen LogP contribution in [0, 0.1) is 5.41 Å². The molecule has 0 aromatic heterocycles. The second-order valence-corrected chi connectivity index (χ2v) is 8.72. The van der Waals surface area contributed by atoms with Gasteiger partial charge in [-0.15, -0.1) is 24.0 Å². The molecule has 1 aliphatic carbocycles. The Hall–Kier alpha value is -0.530. The molecular weight excluding hydrogens is 473 g/mol. The van der Waals surface area contributed by atoms with Crippen molar-refractivity contribution in [1.82, 2.24) is 10.2 Å². The first-order valence-electron chi connectivity index (χ1n) is 10.0. The molecule has 4 nitrogen and oxygen atoms in total. The number of nitrogens with zero attached hydrogens (tertiary/aromatic N) is 2. The van der Waals surface area contributed by atoms with Gasteiger partial charge >= 0.3 is 0 Å². The van der Waals surface area contributed by atoms with Crippen molar-refractivity contribution in [3.05, 3.63) is 34.9 Å². The zero-order valence-corrected chi connectivity index (χ0v) is 19.3. The summed E-state index contributed by atoms with van der Waals surface area (Å²) in [6.45, 7) is 7.91. The van der Waals surface area contributed by atoms with E-state index in [1.807, 2.05) is 12.1 Å². The van der Waals surface area contributed by atoms with Crippen LogP contribution >= 0.6 is 35.6 Å². The minimum Gasteiger partial charge on any atom is -0.381 e. The van der Waals surface area contributed by atoms with Gasteiger partial charge in [0.1, 0.15) is 0 Å². The molecule has 1 aromatic rings. The molecule has 1 atom stereocenters. The number of ether oxygens (including phenoxy) is 1. The highest BCUT2D eigenvalue weighted by atomic mass is 127. The van der Waals surface area contributed by atoms with Crippen LogP contribution in [0.5, 0.6) is 0 Å². The Labute approximate surface area is 185 Å². The van der Waals surface area contributed by atoms with Crippen LogP contribution in [-0.4, -0.2) is 50.3 Å². The number of likely N-dealkylation sites (tertiary alicyclic amines) is 1. The highest BCUT2D eigenvalue weighted by molar-refractivity contribution is 14.0. The highest BCUT2D eigenvalue weighted by Crippen LogP contribution is 2.44. The van der Waals surface area contributed by atoms with Crippen molar-refractivity contribution in [1.29, 1.82) is 0 Å². The zero-order valence-electron chi connectivity index (χ0n) is 16.2. The van der Waals surface area contributed by atoms with Gasteiger partial charge in [-0.05, 0) is 50.3 Å². The topological polar surface area (TPSA) is 36.9 Å². The SMILES string of the molecule is CCNC(=NCC1(c2ccc(Cl)cc2)CCC1)N1CCC2(CCOC2)C1.I. The predicted octanol–water partition coefficient (Wildman–Crippen LogP) is 4.46. The summed E-state index contributed by atoms with van der Waals surface area (Å²) in [7, 11) is 0. The van der Waals surface area contributed by atoms with Crippen LogP contribution in [0.15, 0.2) is 29.3 Å². The van der Waals surface area contributed by atoms with Crippen molar-refractivity contribution >= 4 is 41.5 Å². The molecule has 3 fully saturated rings. The van der Waals surface area contributed by atoms with Crippen LogP contribution in [-0.2, 0) is 10.2 Å². The summed E-state index contributed by atoms with van der Waals surface area (Å²) in [5, 5.41) is 4.33. The van der Waals surface area contributed by atoms with E-state index in [1.165, 1.54) is 37.7 Å². The van der Waals surface area contributed by atoms with E-state index >= 15 is 0 Å². The Morgan fingerprint density at radius 2 is 2.00 bits per heavy atom. The van der Waals surface area contributed by atoms with E-state index in [9.17, 15) is 0 Å². The van der Waals surface area contributed by atoms with Crippen molar-refractivity contribution in [2.75, 3.05) is 39.4 Å². The second-order valence-electron chi connectivity index (χ2n) is 8.29. The number of hydrogen-bond donors (Lipinski definition) is 1. The van der Waals surface area contributed by atoms with E-state index < -0.39 is 0 Å². The van der Waals surface area contributed by atoms with Crippen molar-refractivity contribution in [2.24, 2.45) is 10.4 Å². The number of halogens is 2. The fraction of sp³-hybridized carbons (Fsp3) is 0.667. The minimum atomic E-state index is 0. The number of hydrogen-bond acceptors (Lipinski definition) is 2. The smallest absolute Gasteiger partial charge is 0.193 e. The second kappa shape index (κ2) is 8.87. The van der Waals surface area contributed by atoms with Gasteiger partial charge in [-0.3, -0.25) is 4.99 Å². The lowest BCUT2D eigenvalue weighted by Gasteiger charge is -2.41. The van der Waals surface area contributed by atoms with E-state index in [4.69, 9.17) is 21.3 Å². The maximum absolute atomic E-state index is 6.08. The van der Waals surface area contributed by atoms with Crippen LogP contribution < -0.4 is 5.32 Å². The maximum Gasteiger partial charge on any atom is 0.193 e. The van der Waals surface area contributed by atoms with Crippen LogP contribution in [0.4, 0.5) is 0 Å². The standard InChI is InChI=1S/C21H30ClN3O.HI/c1-2-23-19(25-12-10-20(15-25)11-13-26-16-20)24-14-21(8-3-9-21)17-4-6-18(22)7-5-17;/h4-7H,2-3,8-16H2,1H3,(H,23,24);1H. The van der Waals surface area contributed by atoms with Gasteiger partial charge in [-0.25, -0.2) is 0 Å². The Morgan fingerprint density at radius 1 is 1.22 bits per heavy atom. The molecule has 150 valence electrons. The lowest BCUT2D eigenvalue weighted by Crippen LogP contribution is -2.44. The largest absolute Gasteiger partial charge is 0.381 e. The molecule has 1 spiro atoms. The predicted molar refractivity (Wildman–Crippen MR) is 122 cm³/mol. The Kier molecular flexibility index (Phi) is 6.96. The molecule has 0 bridgehead atoms. The summed E-state index contributed by atoms with van der Waals surface area (Å²) in [4.78, 5) is 7.55. The molecule has 1 saturated carbocycles. The first kappa shape index (κ1) is 21.2. The summed E-state index contributed by atoms with van der Waals surface area (Å²) in [5.74, 6) is 1.08. The molecule has 2 aliphatic heterocycles. The van der Waals surface area contributed by atoms with E-state index in [2.05, 4.69) is 29.3 Å². The minimum absolute atomic E-state index is 0. The van der Waals surface area contributed by atoms with Gasteiger partial charge < -0.3 is 15.0 Å². The van der Waals surface area contributed by atoms with Crippen LogP contribution in [0.1, 0.15) is 44.6 Å². The molecule has 27 heavy (non-hydrogen) atoms. The molecule has 4 rings (SSSR count). The average Bonchev–Trinajstić information content (AvgIpc) is 3.24. The van der Waals surface area contributed by atoms with E-state index in [0.29, 0.717) is 5.41 Å². The van der Waals surface area contributed by atoms with Gasteiger partial charge in [0.2, 0.25) is 0 Å². The Balaban J connectivity index is 0.00000210. The van der Waals surface area contributed by atoms with Crippen molar-refractivity contribution in [2.45, 2.75) is 44.4 Å². The number of guanidine groups is 1. The lowest BCUT2D eigenvalue weighted by molar-refractivity contribution is 0.156. The average molecular weight is 504 g/mol. The zero-order chi connectivity index (χ0) is 18.0. The normalized spacial score (nSPS) is 26.7. The first-order chi connectivity index (χ1) is 12.6. The third kappa shape index (κ3) is 4.40. The number of nitrogens with one attached hydrogen (secondary N) is 1. The summed E-state index contributed by atoms with van der Waals surface area (Å²) in [6.07, 6.45) is 6.14. The monoisotopic (exact) mass is 503 g/mol. The number of rotatable bonds is 4. The third-order valence-corrected chi connectivity index (χ3v) is 6.81. The molecular formula is C21H31ClIN3O. The summed E-state index contributed by atoms with van der Waals surface area (Å²) < 4.78 is 5.68. The summed E-state index contributed by atoms with van der Waals surface area (Å²) in [6, 6.07) is 8.39. The Bertz CT molecular complexity index is 654. The van der Waals surface area contributed by atoms with Crippen molar-refractivity contribution in [3.63, 3.8) is 0 Å². The van der Waals surface area contributed by atoms with E-state index in [-0.39, 0.29) is 29.4 Å². The summed E-state index contributed by atoms with van der Waals surface area (Å²) >= 11 is 6.08.